The van der Waals surface area contributed by atoms with E-state index in [0.29, 0.717) is 5.02 Å². The van der Waals surface area contributed by atoms with Gasteiger partial charge in [-0.2, -0.15) is 5.26 Å². The molecule has 90 valence electrons. The van der Waals surface area contributed by atoms with Crippen LogP contribution in [0.15, 0.2) is 47.2 Å². The SMILES string of the molecule is N#CC(Nc1cncc(Br)c1)c1ccccc1Cl. The van der Waals surface area contributed by atoms with Crippen molar-refractivity contribution in [3.05, 3.63) is 57.8 Å². The molecule has 5 heteroatoms. The minimum Gasteiger partial charge on any atom is -0.365 e. The van der Waals surface area contributed by atoms with Crippen LogP contribution in [0.4, 0.5) is 5.69 Å². The Kier molecular flexibility index (Phi) is 4.19. The Morgan fingerprint density at radius 2 is 2.11 bits per heavy atom. The van der Waals surface area contributed by atoms with E-state index >= 15 is 0 Å². The number of hydrogen-bond donors (Lipinski definition) is 1. The standard InChI is InChI=1S/C13H9BrClN3/c14-9-5-10(8-17-7-9)18-13(6-16)11-3-1-2-4-12(11)15/h1-5,7-8,13,18H. The number of nitrogens with zero attached hydrogens (tertiary/aromatic N) is 2. The van der Waals surface area contributed by atoms with Crippen molar-refractivity contribution in [3.63, 3.8) is 0 Å². The maximum atomic E-state index is 9.23. The van der Waals surface area contributed by atoms with Crippen LogP contribution in [0.1, 0.15) is 11.6 Å². The average Bonchev–Trinajstić information content (AvgIpc) is 2.37. The molecular formula is C13H9BrClN3. The van der Waals surface area contributed by atoms with E-state index < -0.39 is 6.04 Å². The molecule has 0 amide bonds. The summed E-state index contributed by atoms with van der Waals surface area (Å²) in [5.41, 5.74) is 1.51. The largest absolute Gasteiger partial charge is 0.365 e. The van der Waals surface area contributed by atoms with Gasteiger partial charge >= 0.3 is 0 Å². The smallest absolute Gasteiger partial charge is 0.141 e. The molecule has 2 rings (SSSR count). The maximum Gasteiger partial charge on any atom is 0.141 e. The Morgan fingerprint density at radius 3 is 2.78 bits per heavy atom. The fourth-order valence-corrected chi connectivity index (χ4v) is 2.16. The molecule has 0 saturated carbocycles. The molecule has 0 fully saturated rings. The van der Waals surface area contributed by atoms with E-state index in [0.717, 1.165) is 15.7 Å². The van der Waals surface area contributed by atoms with Crippen LogP contribution in [0.25, 0.3) is 0 Å². The van der Waals surface area contributed by atoms with Crippen LogP contribution in [0.3, 0.4) is 0 Å². The molecule has 3 nitrogen and oxygen atoms in total. The van der Waals surface area contributed by atoms with Gasteiger partial charge in [0.2, 0.25) is 0 Å². The summed E-state index contributed by atoms with van der Waals surface area (Å²) in [6, 6.07) is 10.8. The van der Waals surface area contributed by atoms with Crippen molar-refractivity contribution in [2.45, 2.75) is 6.04 Å². The third kappa shape index (κ3) is 3.00. The van der Waals surface area contributed by atoms with E-state index in [1.54, 1.807) is 18.5 Å². The molecule has 0 saturated heterocycles. The summed E-state index contributed by atoms with van der Waals surface area (Å²) < 4.78 is 0.850. The molecule has 1 aromatic heterocycles. The molecule has 0 bridgehead atoms. The summed E-state index contributed by atoms with van der Waals surface area (Å²) >= 11 is 9.41. The first-order valence-corrected chi connectivity index (χ1v) is 6.39. The van der Waals surface area contributed by atoms with Gasteiger partial charge in [0.1, 0.15) is 6.04 Å². The third-order valence-electron chi connectivity index (χ3n) is 2.36. The van der Waals surface area contributed by atoms with Gasteiger partial charge in [-0.1, -0.05) is 29.8 Å². The first-order chi connectivity index (χ1) is 8.70. The molecule has 0 aliphatic heterocycles. The fourth-order valence-electron chi connectivity index (χ4n) is 1.55. The number of halogens is 2. The average molecular weight is 323 g/mol. The third-order valence-corrected chi connectivity index (χ3v) is 3.14. The number of anilines is 1. The zero-order valence-corrected chi connectivity index (χ0v) is 11.6. The van der Waals surface area contributed by atoms with Crippen molar-refractivity contribution in [2.75, 3.05) is 5.32 Å². The molecule has 0 aliphatic rings. The number of pyridine rings is 1. The summed E-state index contributed by atoms with van der Waals surface area (Å²) in [4.78, 5) is 4.04. The lowest BCUT2D eigenvalue weighted by molar-refractivity contribution is 0.993. The minimum atomic E-state index is -0.505. The molecule has 2 aromatic rings. The predicted octanol–water partition coefficient (Wildman–Crippen LogP) is 4.17. The van der Waals surface area contributed by atoms with E-state index in [-0.39, 0.29) is 0 Å². The zero-order valence-electron chi connectivity index (χ0n) is 9.27. The van der Waals surface area contributed by atoms with Gasteiger partial charge in [0, 0.05) is 21.3 Å². The van der Waals surface area contributed by atoms with E-state index in [1.165, 1.54) is 0 Å². The van der Waals surface area contributed by atoms with Crippen molar-refractivity contribution in [1.29, 1.82) is 5.26 Å². The lowest BCUT2D eigenvalue weighted by Gasteiger charge is -2.14. The molecule has 1 atom stereocenters. The lowest BCUT2D eigenvalue weighted by atomic mass is 10.1. The van der Waals surface area contributed by atoms with Crippen LogP contribution >= 0.6 is 27.5 Å². The molecule has 0 spiro atoms. The van der Waals surface area contributed by atoms with Gasteiger partial charge < -0.3 is 5.32 Å². The number of rotatable bonds is 3. The Balaban J connectivity index is 2.26. The highest BCUT2D eigenvalue weighted by molar-refractivity contribution is 9.10. The highest BCUT2D eigenvalue weighted by atomic mass is 79.9. The van der Waals surface area contributed by atoms with Crippen LogP contribution in [0, 0.1) is 11.3 Å². The molecule has 1 N–H and O–H groups in total. The van der Waals surface area contributed by atoms with Gasteiger partial charge in [0.15, 0.2) is 0 Å². The first-order valence-electron chi connectivity index (χ1n) is 5.22. The number of nitrogens with one attached hydrogen (secondary N) is 1. The Morgan fingerprint density at radius 1 is 1.33 bits per heavy atom. The Bertz CT molecular complexity index is 595. The normalized spacial score (nSPS) is 11.6. The first kappa shape index (κ1) is 12.9. The maximum absolute atomic E-state index is 9.23. The van der Waals surface area contributed by atoms with E-state index in [2.05, 4.69) is 32.3 Å². The molecule has 1 unspecified atom stereocenters. The van der Waals surface area contributed by atoms with Crippen molar-refractivity contribution >= 4 is 33.2 Å². The van der Waals surface area contributed by atoms with E-state index in [9.17, 15) is 5.26 Å². The second-order valence-electron chi connectivity index (χ2n) is 3.62. The summed E-state index contributed by atoms with van der Waals surface area (Å²) in [5, 5.41) is 12.9. The highest BCUT2D eigenvalue weighted by Crippen LogP contribution is 2.26. The molecule has 1 aromatic carbocycles. The quantitative estimate of drug-likeness (QED) is 0.922. The molecule has 0 radical (unpaired) electrons. The van der Waals surface area contributed by atoms with Crippen LogP contribution in [0.5, 0.6) is 0 Å². The van der Waals surface area contributed by atoms with Crippen molar-refractivity contribution in [1.82, 2.24) is 4.98 Å². The number of aromatic nitrogens is 1. The van der Waals surface area contributed by atoms with Gasteiger partial charge in [0.05, 0.1) is 18.0 Å². The van der Waals surface area contributed by atoms with E-state index in [4.69, 9.17) is 11.6 Å². The minimum absolute atomic E-state index is 0.505. The van der Waals surface area contributed by atoms with Crippen LogP contribution in [-0.4, -0.2) is 4.98 Å². The summed E-state index contributed by atoms with van der Waals surface area (Å²) in [5.74, 6) is 0. The van der Waals surface area contributed by atoms with Gasteiger partial charge in [-0.15, -0.1) is 0 Å². The van der Waals surface area contributed by atoms with Gasteiger partial charge in [-0.05, 0) is 28.1 Å². The van der Waals surface area contributed by atoms with Crippen molar-refractivity contribution < 1.29 is 0 Å². The van der Waals surface area contributed by atoms with Crippen LogP contribution in [-0.2, 0) is 0 Å². The summed E-state index contributed by atoms with van der Waals surface area (Å²) in [7, 11) is 0. The Labute approximate surface area is 119 Å². The van der Waals surface area contributed by atoms with Gasteiger partial charge in [-0.25, -0.2) is 0 Å². The summed E-state index contributed by atoms with van der Waals surface area (Å²) in [6.45, 7) is 0. The predicted molar refractivity (Wildman–Crippen MR) is 75.4 cm³/mol. The monoisotopic (exact) mass is 321 g/mol. The Hall–Kier alpha value is -1.57. The second kappa shape index (κ2) is 5.85. The highest BCUT2D eigenvalue weighted by Gasteiger charge is 2.13. The fraction of sp³-hybridized carbons (Fsp3) is 0.0769. The van der Waals surface area contributed by atoms with Gasteiger partial charge in [-0.3, -0.25) is 4.98 Å². The van der Waals surface area contributed by atoms with Crippen molar-refractivity contribution in [2.24, 2.45) is 0 Å². The molecular weight excluding hydrogens is 314 g/mol. The van der Waals surface area contributed by atoms with Crippen LogP contribution < -0.4 is 5.32 Å². The lowest BCUT2D eigenvalue weighted by Crippen LogP contribution is -2.09. The molecule has 18 heavy (non-hydrogen) atoms. The van der Waals surface area contributed by atoms with Gasteiger partial charge in [0.25, 0.3) is 0 Å². The summed E-state index contributed by atoms with van der Waals surface area (Å²) in [6.07, 6.45) is 3.34. The number of benzene rings is 1. The number of hydrogen-bond acceptors (Lipinski definition) is 3. The topological polar surface area (TPSA) is 48.7 Å². The number of nitriles is 1. The van der Waals surface area contributed by atoms with E-state index in [1.807, 2.05) is 24.3 Å². The molecule has 0 aliphatic carbocycles. The second-order valence-corrected chi connectivity index (χ2v) is 4.94. The zero-order chi connectivity index (χ0) is 13.0. The van der Waals surface area contributed by atoms with Crippen molar-refractivity contribution in [3.8, 4) is 6.07 Å². The van der Waals surface area contributed by atoms with Crippen LogP contribution in [0.2, 0.25) is 5.02 Å². The molecule has 1 heterocycles.